The van der Waals surface area contributed by atoms with E-state index in [1.807, 2.05) is 11.9 Å². The van der Waals surface area contributed by atoms with Crippen molar-refractivity contribution in [1.82, 2.24) is 20.4 Å². The number of carbonyl (C=O) groups excluding carboxylic acids is 3. The van der Waals surface area contributed by atoms with E-state index in [2.05, 4.69) is 36.3 Å². The molecule has 7 nitrogen and oxygen atoms in total. The number of halogens is 2. The lowest BCUT2D eigenvalue weighted by atomic mass is 9.92. The maximum absolute atomic E-state index is 12.8. The number of likely N-dealkylation sites (N-methyl/N-ethyl adjacent to an activating group) is 1. The second kappa shape index (κ2) is 13.0. The molecule has 1 fully saturated rings. The second-order valence-electron chi connectivity index (χ2n) is 9.36. The van der Waals surface area contributed by atoms with Crippen LogP contribution in [0, 0.1) is 5.41 Å². The number of nitrogens with one attached hydrogen (secondary N) is 2. The standard InChI is InChI=1S/C23H35ClN4O3.ClH/c1-23(2,3)10-11-25-22(31)19(26-21(30)17-6-5-7-18(24)16-17)8-9-20(29)28-14-12-27(4)13-15-28;/h5-7,16,19H,8-15H2,1-4H3,(H,25,31)(H,26,30);1H. The summed E-state index contributed by atoms with van der Waals surface area (Å²) in [5, 5.41) is 6.14. The molecule has 1 saturated heterocycles. The Kier molecular flexibility index (Phi) is 11.5. The average Bonchev–Trinajstić information content (AvgIpc) is 2.70. The summed E-state index contributed by atoms with van der Waals surface area (Å²) in [6.07, 6.45) is 1.27. The van der Waals surface area contributed by atoms with E-state index >= 15 is 0 Å². The first-order valence-corrected chi connectivity index (χ1v) is 11.2. The number of hydrogen-bond acceptors (Lipinski definition) is 4. The van der Waals surface area contributed by atoms with E-state index in [4.69, 9.17) is 11.6 Å². The lowest BCUT2D eigenvalue weighted by Crippen LogP contribution is -2.49. The van der Waals surface area contributed by atoms with Crippen LogP contribution in [0.25, 0.3) is 0 Å². The Hall–Kier alpha value is -1.83. The molecule has 0 spiro atoms. The maximum Gasteiger partial charge on any atom is 0.251 e. The molecule has 1 aromatic carbocycles. The highest BCUT2D eigenvalue weighted by Gasteiger charge is 2.25. The topological polar surface area (TPSA) is 81.8 Å². The molecule has 1 unspecified atom stereocenters. The van der Waals surface area contributed by atoms with Crippen LogP contribution in [0.3, 0.4) is 0 Å². The van der Waals surface area contributed by atoms with Crippen LogP contribution in [0.15, 0.2) is 24.3 Å². The van der Waals surface area contributed by atoms with Crippen molar-refractivity contribution >= 4 is 41.7 Å². The number of amides is 3. The molecule has 1 atom stereocenters. The van der Waals surface area contributed by atoms with Crippen LogP contribution in [-0.4, -0.2) is 73.3 Å². The van der Waals surface area contributed by atoms with Gasteiger partial charge in [-0.25, -0.2) is 0 Å². The van der Waals surface area contributed by atoms with Gasteiger partial charge in [0.2, 0.25) is 11.8 Å². The van der Waals surface area contributed by atoms with E-state index in [-0.39, 0.29) is 48.4 Å². The van der Waals surface area contributed by atoms with Crippen molar-refractivity contribution in [3.63, 3.8) is 0 Å². The molecular weight excluding hydrogens is 451 g/mol. The first-order valence-electron chi connectivity index (χ1n) is 10.9. The fraction of sp³-hybridized carbons (Fsp3) is 0.609. The molecule has 0 radical (unpaired) electrons. The van der Waals surface area contributed by atoms with Crippen molar-refractivity contribution < 1.29 is 14.4 Å². The predicted octanol–water partition coefficient (Wildman–Crippen LogP) is 2.97. The molecule has 1 heterocycles. The van der Waals surface area contributed by atoms with Gasteiger partial charge in [-0.2, -0.15) is 0 Å². The summed E-state index contributed by atoms with van der Waals surface area (Å²) in [4.78, 5) is 42.1. The van der Waals surface area contributed by atoms with Crippen LogP contribution >= 0.6 is 24.0 Å². The molecule has 0 aliphatic carbocycles. The monoisotopic (exact) mass is 486 g/mol. The Morgan fingerprint density at radius 3 is 2.38 bits per heavy atom. The van der Waals surface area contributed by atoms with Crippen molar-refractivity contribution in [2.75, 3.05) is 39.8 Å². The van der Waals surface area contributed by atoms with Gasteiger partial charge in [-0.1, -0.05) is 38.4 Å². The second-order valence-corrected chi connectivity index (χ2v) is 9.80. The minimum atomic E-state index is -0.789. The normalized spacial score (nSPS) is 15.5. The summed E-state index contributed by atoms with van der Waals surface area (Å²) in [6.45, 7) is 9.88. The molecule has 1 aromatic rings. The summed E-state index contributed by atoms with van der Waals surface area (Å²) in [6, 6.07) is 5.78. The summed E-state index contributed by atoms with van der Waals surface area (Å²) in [5.41, 5.74) is 0.467. The summed E-state index contributed by atoms with van der Waals surface area (Å²) >= 11 is 5.99. The van der Waals surface area contributed by atoms with Crippen LogP contribution < -0.4 is 10.6 Å². The predicted molar refractivity (Wildman–Crippen MR) is 130 cm³/mol. The van der Waals surface area contributed by atoms with Crippen molar-refractivity contribution in [1.29, 1.82) is 0 Å². The lowest BCUT2D eigenvalue weighted by Gasteiger charge is -2.32. The lowest BCUT2D eigenvalue weighted by molar-refractivity contribution is -0.133. The van der Waals surface area contributed by atoms with Gasteiger partial charge < -0.3 is 20.4 Å². The van der Waals surface area contributed by atoms with Crippen LogP contribution in [0.5, 0.6) is 0 Å². The van der Waals surface area contributed by atoms with Gasteiger partial charge in [-0.15, -0.1) is 12.4 Å². The zero-order valence-electron chi connectivity index (χ0n) is 19.4. The summed E-state index contributed by atoms with van der Waals surface area (Å²) in [7, 11) is 2.03. The van der Waals surface area contributed by atoms with Crippen LogP contribution in [0.4, 0.5) is 0 Å². The number of benzene rings is 1. The van der Waals surface area contributed by atoms with E-state index in [9.17, 15) is 14.4 Å². The Bertz CT molecular complexity index is 775. The molecule has 1 aliphatic rings. The number of carbonyl (C=O) groups is 3. The summed E-state index contributed by atoms with van der Waals surface area (Å²) < 4.78 is 0. The third-order valence-electron chi connectivity index (χ3n) is 5.39. The Morgan fingerprint density at radius 1 is 1.12 bits per heavy atom. The van der Waals surface area contributed by atoms with Gasteiger partial charge in [0.1, 0.15) is 6.04 Å². The largest absolute Gasteiger partial charge is 0.354 e. The fourth-order valence-corrected chi connectivity index (χ4v) is 3.50. The van der Waals surface area contributed by atoms with Crippen molar-refractivity contribution in [3.05, 3.63) is 34.9 Å². The zero-order valence-corrected chi connectivity index (χ0v) is 21.0. The number of rotatable bonds is 8. The van der Waals surface area contributed by atoms with Gasteiger partial charge in [0.15, 0.2) is 0 Å². The molecule has 3 amide bonds. The van der Waals surface area contributed by atoms with E-state index in [1.165, 1.54) is 0 Å². The van der Waals surface area contributed by atoms with Crippen LogP contribution in [0.2, 0.25) is 5.02 Å². The van der Waals surface area contributed by atoms with Gasteiger partial charge in [0, 0.05) is 49.7 Å². The van der Waals surface area contributed by atoms with Crippen molar-refractivity contribution in [2.45, 2.75) is 46.1 Å². The molecule has 1 aliphatic heterocycles. The SMILES string of the molecule is CN1CCN(C(=O)CCC(NC(=O)c2cccc(Cl)c2)C(=O)NCCC(C)(C)C)CC1.Cl. The molecule has 0 aromatic heterocycles. The Balaban J connectivity index is 0.00000512. The van der Waals surface area contributed by atoms with E-state index in [1.54, 1.807) is 24.3 Å². The quantitative estimate of drug-likeness (QED) is 0.591. The Morgan fingerprint density at radius 2 is 1.78 bits per heavy atom. The highest BCUT2D eigenvalue weighted by atomic mass is 35.5. The zero-order chi connectivity index (χ0) is 23.0. The van der Waals surface area contributed by atoms with Crippen molar-refractivity contribution in [3.8, 4) is 0 Å². The molecule has 32 heavy (non-hydrogen) atoms. The third kappa shape index (κ3) is 9.76. The fourth-order valence-electron chi connectivity index (χ4n) is 3.31. The molecule has 180 valence electrons. The maximum atomic E-state index is 12.8. The third-order valence-corrected chi connectivity index (χ3v) is 5.62. The van der Waals surface area contributed by atoms with Crippen LogP contribution in [-0.2, 0) is 9.59 Å². The molecule has 9 heteroatoms. The van der Waals surface area contributed by atoms with Gasteiger partial charge in [0.25, 0.3) is 5.91 Å². The van der Waals surface area contributed by atoms with Gasteiger partial charge in [-0.05, 0) is 43.5 Å². The van der Waals surface area contributed by atoms with E-state index in [0.29, 0.717) is 30.2 Å². The first-order chi connectivity index (χ1) is 14.5. The summed E-state index contributed by atoms with van der Waals surface area (Å²) in [5.74, 6) is -0.645. The average molecular weight is 487 g/mol. The number of nitrogens with zero attached hydrogens (tertiary/aromatic N) is 2. The highest BCUT2D eigenvalue weighted by molar-refractivity contribution is 6.31. The molecule has 2 rings (SSSR count). The van der Waals surface area contributed by atoms with E-state index < -0.39 is 6.04 Å². The minimum Gasteiger partial charge on any atom is -0.354 e. The van der Waals surface area contributed by atoms with Gasteiger partial charge >= 0.3 is 0 Å². The van der Waals surface area contributed by atoms with Gasteiger partial charge in [0.05, 0.1) is 0 Å². The smallest absolute Gasteiger partial charge is 0.251 e. The van der Waals surface area contributed by atoms with Crippen LogP contribution in [0.1, 0.15) is 50.4 Å². The minimum absolute atomic E-state index is 0. The molecule has 0 saturated carbocycles. The molecular formula is C23H36Cl2N4O3. The first kappa shape index (κ1) is 28.2. The van der Waals surface area contributed by atoms with Crippen molar-refractivity contribution in [2.24, 2.45) is 5.41 Å². The van der Waals surface area contributed by atoms with E-state index in [0.717, 1.165) is 19.5 Å². The number of piperazine rings is 1. The molecule has 2 N–H and O–H groups in total. The number of hydrogen-bond donors (Lipinski definition) is 2. The highest BCUT2D eigenvalue weighted by Crippen LogP contribution is 2.17. The van der Waals surface area contributed by atoms with Gasteiger partial charge in [-0.3, -0.25) is 14.4 Å². The molecule has 0 bridgehead atoms. The Labute approximate surface area is 202 Å².